The highest BCUT2D eigenvalue weighted by Gasteiger charge is 2.45. The van der Waals surface area contributed by atoms with E-state index >= 15 is 8.78 Å². The van der Waals surface area contributed by atoms with E-state index in [0.29, 0.717) is 59.8 Å². The van der Waals surface area contributed by atoms with Crippen LogP contribution in [0, 0.1) is 35.3 Å². The fraction of sp³-hybridized carbons (Fsp3) is 0.583. The van der Waals surface area contributed by atoms with Crippen LogP contribution in [-0.4, -0.2) is 138 Å². The largest absolute Gasteiger partial charge is 0.468 e. The maximum absolute atomic E-state index is 17.2. The van der Waals surface area contributed by atoms with Crippen molar-refractivity contribution in [2.45, 2.75) is 83.8 Å². The summed E-state index contributed by atoms with van der Waals surface area (Å²) in [7, 11) is 1.49. The second-order valence-corrected chi connectivity index (χ2v) is 19.3. The predicted molar refractivity (Wildman–Crippen MR) is 238 cm³/mol. The minimum absolute atomic E-state index is 0.00481. The van der Waals surface area contributed by atoms with E-state index in [4.69, 9.17) is 30.4 Å². The third-order valence-electron chi connectivity index (χ3n) is 13.0. The molecule has 63 heavy (non-hydrogen) atoms. The number of anilines is 1. The van der Waals surface area contributed by atoms with E-state index in [0.717, 1.165) is 90.9 Å². The second-order valence-electron chi connectivity index (χ2n) is 19.3. The Kier molecular flexibility index (Phi) is 13.0. The number of aliphatic hydroxyl groups is 1. The first-order valence-electron chi connectivity index (χ1n) is 22.4. The molecule has 5 heterocycles. The Morgan fingerprint density at radius 2 is 1.75 bits per heavy atom. The summed E-state index contributed by atoms with van der Waals surface area (Å²) in [5.74, 6) is 2.50. The van der Waals surface area contributed by atoms with Gasteiger partial charge in [-0.1, -0.05) is 12.0 Å². The summed E-state index contributed by atoms with van der Waals surface area (Å²) in [5.41, 5.74) is -1.37. The average molecular weight is 870 g/mol. The molecule has 1 atom stereocenters. The number of piperazine rings is 1. The zero-order chi connectivity index (χ0) is 44.5. The van der Waals surface area contributed by atoms with E-state index in [1.165, 1.54) is 19.4 Å². The third-order valence-corrected chi connectivity index (χ3v) is 13.0. The number of rotatable bonds is 13. The first kappa shape index (κ1) is 44.7. The molecular weight excluding hydrogens is 809 g/mol. The number of carbonyl (C=O) groups is 1. The number of fused-ring (bicyclic) bond motifs is 2. The Bertz CT molecular complexity index is 2350. The number of hydrogen-bond acceptors (Lipinski definition) is 12. The number of carbonyl (C=O) groups excluding carboxylic acids is 1. The predicted octanol–water partition coefficient (Wildman–Crippen LogP) is 7.25. The fourth-order valence-electron chi connectivity index (χ4n) is 9.35. The molecular formula is C48H61F2N7O6. The molecule has 0 radical (unpaired) electrons. The summed E-state index contributed by atoms with van der Waals surface area (Å²) >= 11 is 0. The molecule has 0 unspecified atom stereocenters. The Hall–Kier alpha value is -4.88. The lowest BCUT2D eigenvalue weighted by atomic mass is 9.93. The topological polar surface area (TPSA) is 126 Å². The summed E-state index contributed by atoms with van der Waals surface area (Å²) in [4.78, 5) is 35.5. The van der Waals surface area contributed by atoms with Crippen molar-refractivity contribution >= 4 is 33.6 Å². The third kappa shape index (κ3) is 10.4. The van der Waals surface area contributed by atoms with Crippen molar-refractivity contribution in [3.05, 3.63) is 47.7 Å². The van der Waals surface area contributed by atoms with Crippen LogP contribution in [0.15, 0.2) is 30.5 Å². The molecule has 4 fully saturated rings. The van der Waals surface area contributed by atoms with Crippen LogP contribution in [0.3, 0.4) is 0 Å². The zero-order valence-corrected chi connectivity index (χ0v) is 37.4. The molecule has 8 rings (SSSR count). The molecule has 3 saturated heterocycles. The SMILES string of the molecule is C#Cc1c(F)ccc2cc(OCOC)cc(-c3ncc4c(N5CCC[C@@](C)(O)C5)nc(OCC5(CN6CCN(CCC7CCN(C(=O)OC(C)(C)C)CC7)CC6)CC5)nc4c3F)c12. The standard InChI is InChI=1S/C48H61F2N7O6/c1-7-35-38(49)10-9-33-25-34(62-31-60-6)26-36(39(33)35)41-40(50)42-37(27-51-41)43(57-17-8-14-47(5,59)28-57)53-44(52-42)61-30-48(15-16-48)29-55-23-21-54(22-24-55)18-11-32-12-19-56(20-13-32)45(58)63-46(2,3)4/h1,9-10,25-27,32,59H,8,11-24,28-31H2,2-6H3/t47-/m1/s1. The number of terminal acetylenes is 1. The number of halogens is 2. The number of ether oxygens (including phenoxy) is 4. The van der Waals surface area contributed by atoms with Gasteiger partial charge in [-0.2, -0.15) is 9.97 Å². The highest BCUT2D eigenvalue weighted by Crippen LogP contribution is 2.47. The van der Waals surface area contributed by atoms with Gasteiger partial charge in [0.05, 0.1) is 23.2 Å². The van der Waals surface area contributed by atoms with Crippen molar-refractivity contribution in [3.8, 4) is 35.4 Å². The monoisotopic (exact) mass is 869 g/mol. The molecule has 15 heteroatoms. The van der Waals surface area contributed by atoms with E-state index in [1.807, 2.05) is 30.6 Å². The van der Waals surface area contributed by atoms with Crippen molar-refractivity contribution in [2.75, 3.05) is 90.9 Å². The number of aromatic nitrogens is 3. The highest BCUT2D eigenvalue weighted by molar-refractivity contribution is 6.03. The molecule has 3 aliphatic heterocycles. The smallest absolute Gasteiger partial charge is 0.410 e. The quantitative estimate of drug-likeness (QED) is 0.108. The van der Waals surface area contributed by atoms with Crippen LogP contribution in [0.4, 0.5) is 19.4 Å². The van der Waals surface area contributed by atoms with Crippen LogP contribution in [0.2, 0.25) is 0 Å². The Morgan fingerprint density at radius 1 is 1.00 bits per heavy atom. The molecule has 13 nitrogen and oxygen atoms in total. The van der Waals surface area contributed by atoms with Gasteiger partial charge in [-0.05, 0) is 109 Å². The Morgan fingerprint density at radius 3 is 2.43 bits per heavy atom. The Labute approximate surface area is 369 Å². The average Bonchev–Trinajstić information content (AvgIpc) is 4.02. The lowest BCUT2D eigenvalue weighted by Gasteiger charge is -2.38. The summed E-state index contributed by atoms with van der Waals surface area (Å²) in [5, 5.41) is 12.3. The van der Waals surface area contributed by atoms with E-state index in [2.05, 4.69) is 25.7 Å². The molecule has 2 aromatic carbocycles. The van der Waals surface area contributed by atoms with Crippen LogP contribution < -0.4 is 14.4 Å². The fourth-order valence-corrected chi connectivity index (χ4v) is 9.35. The molecule has 4 aliphatic rings. The van der Waals surface area contributed by atoms with Crippen molar-refractivity contribution in [1.29, 1.82) is 0 Å². The van der Waals surface area contributed by atoms with Crippen LogP contribution >= 0.6 is 0 Å². The van der Waals surface area contributed by atoms with Gasteiger partial charge in [0.25, 0.3) is 0 Å². The molecule has 4 aromatic rings. The van der Waals surface area contributed by atoms with Gasteiger partial charge in [-0.25, -0.2) is 13.6 Å². The highest BCUT2D eigenvalue weighted by atomic mass is 19.1. The van der Waals surface area contributed by atoms with Gasteiger partial charge in [0, 0.05) is 88.6 Å². The van der Waals surface area contributed by atoms with Gasteiger partial charge in [0.1, 0.15) is 34.2 Å². The lowest BCUT2D eigenvalue weighted by molar-refractivity contribution is 0.0174. The van der Waals surface area contributed by atoms with Gasteiger partial charge in [-0.3, -0.25) is 4.98 Å². The molecule has 0 bridgehead atoms. The molecule has 338 valence electrons. The molecule has 1 saturated carbocycles. The number of methoxy groups -OCH3 is 1. The van der Waals surface area contributed by atoms with Crippen LogP contribution in [-0.2, 0) is 9.47 Å². The number of amides is 1. The molecule has 0 spiro atoms. The van der Waals surface area contributed by atoms with Crippen molar-refractivity contribution in [3.63, 3.8) is 0 Å². The van der Waals surface area contributed by atoms with Crippen LogP contribution in [0.25, 0.3) is 32.9 Å². The summed E-state index contributed by atoms with van der Waals surface area (Å²) < 4.78 is 55.3. The van der Waals surface area contributed by atoms with Crippen LogP contribution in [0.5, 0.6) is 11.8 Å². The number of likely N-dealkylation sites (tertiary alicyclic amines) is 1. The number of benzene rings is 2. The number of hydrogen-bond donors (Lipinski definition) is 1. The van der Waals surface area contributed by atoms with E-state index in [-0.39, 0.29) is 46.6 Å². The number of pyridine rings is 1. The summed E-state index contributed by atoms with van der Waals surface area (Å²) in [6.07, 6.45) is 13.7. The van der Waals surface area contributed by atoms with E-state index in [1.54, 1.807) is 25.1 Å². The van der Waals surface area contributed by atoms with E-state index in [9.17, 15) is 9.90 Å². The number of piperidine rings is 2. The van der Waals surface area contributed by atoms with Gasteiger partial charge < -0.3 is 43.7 Å². The number of nitrogens with zero attached hydrogens (tertiary/aromatic N) is 7. The molecule has 1 aliphatic carbocycles. The zero-order valence-electron chi connectivity index (χ0n) is 37.4. The molecule has 2 aromatic heterocycles. The molecule has 1 amide bonds. The van der Waals surface area contributed by atoms with Crippen LogP contribution in [0.1, 0.15) is 78.2 Å². The number of β-amino-alcohol motifs (C(OH)–C–C–N with tert-alkyl or cyclic N) is 1. The van der Waals surface area contributed by atoms with Gasteiger partial charge >= 0.3 is 12.1 Å². The van der Waals surface area contributed by atoms with Crippen molar-refractivity contribution < 1.29 is 37.6 Å². The minimum atomic E-state index is -0.969. The maximum atomic E-state index is 17.2. The Balaban J connectivity index is 0.970. The summed E-state index contributed by atoms with van der Waals surface area (Å²) in [6, 6.07) is 6.17. The van der Waals surface area contributed by atoms with Crippen molar-refractivity contribution in [1.82, 2.24) is 29.7 Å². The molecule has 1 N–H and O–H groups in total. The normalized spacial score (nSPS) is 21.1. The summed E-state index contributed by atoms with van der Waals surface area (Å²) in [6.45, 7) is 16.1. The van der Waals surface area contributed by atoms with E-state index < -0.39 is 22.8 Å². The second kappa shape index (κ2) is 18.3. The van der Waals surface area contributed by atoms with Crippen molar-refractivity contribution in [2.24, 2.45) is 11.3 Å². The maximum Gasteiger partial charge on any atom is 0.410 e. The first-order valence-corrected chi connectivity index (χ1v) is 22.4. The lowest BCUT2D eigenvalue weighted by Crippen LogP contribution is -2.49. The van der Waals surface area contributed by atoms with Gasteiger partial charge in [0.15, 0.2) is 12.6 Å². The minimum Gasteiger partial charge on any atom is -0.468 e. The van der Waals surface area contributed by atoms with Gasteiger partial charge in [0.2, 0.25) is 0 Å². The van der Waals surface area contributed by atoms with Gasteiger partial charge in [-0.15, -0.1) is 6.42 Å². The first-order chi connectivity index (χ1) is 30.1.